The monoisotopic (exact) mass is 327 g/mol. The number of anilines is 1. The zero-order valence-corrected chi connectivity index (χ0v) is 13.4. The lowest BCUT2D eigenvalue weighted by Crippen LogP contribution is -2.15. The van der Waals surface area contributed by atoms with E-state index in [0.29, 0.717) is 41.5 Å². The summed E-state index contributed by atoms with van der Waals surface area (Å²) in [7, 11) is 1.58. The van der Waals surface area contributed by atoms with Gasteiger partial charge < -0.3 is 19.2 Å². The first kappa shape index (κ1) is 15.9. The minimum Gasteiger partial charge on any atom is -0.475 e. The van der Waals surface area contributed by atoms with Crippen molar-refractivity contribution in [3.8, 4) is 5.88 Å². The number of hydrogen-bond donors (Lipinski definition) is 1. The average molecular weight is 327 g/mol. The Hall–Kier alpha value is -2.93. The number of pyridine rings is 1. The molecule has 1 N–H and O–H groups in total. The fourth-order valence-corrected chi connectivity index (χ4v) is 2.22. The van der Waals surface area contributed by atoms with Crippen molar-refractivity contribution in [2.75, 3.05) is 25.6 Å². The van der Waals surface area contributed by atoms with E-state index in [-0.39, 0.29) is 11.8 Å². The third-order valence-electron chi connectivity index (χ3n) is 3.29. The molecular formula is C17H17N3O4. The van der Waals surface area contributed by atoms with Gasteiger partial charge in [0, 0.05) is 25.9 Å². The van der Waals surface area contributed by atoms with Crippen LogP contribution in [0.3, 0.4) is 0 Å². The highest BCUT2D eigenvalue weighted by Crippen LogP contribution is 2.21. The smallest absolute Gasteiger partial charge is 0.261 e. The Kier molecular flexibility index (Phi) is 4.72. The first-order chi connectivity index (χ1) is 11.7. The number of hydrogen-bond acceptors (Lipinski definition) is 6. The highest BCUT2D eigenvalue weighted by molar-refractivity contribution is 6.06. The van der Waals surface area contributed by atoms with Crippen molar-refractivity contribution < 1.29 is 18.7 Å². The van der Waals surface area contributed by atoms with E-state index >= 15 is 0 Å². The van der Waals surface area contributed by atoms with E-state index in [2.05, 4.69) is 15.3 Å². The van der Waals surface area contributed by atoms with Crippen LogP contribution in [-0.4, -0.2) is 36.2 Å². The molecule has 3 rings (SSSR count). The number of oxazole rings is 1. The number of nitrogens with zero attached hydrogens (tertiary/aromatic N) is 2. The minimum absolute atomic E-state index is 0.269. The molecule has 0 saturated carbocycles. The van der Waals surface area contributed by atoms with Gasteiger partial charge >= 0.3 is 0 Å². The van der Waals surface area contributed by atoms with E-state index in [4.69, 9.17) is 13.9 Å². The van der Waals surface area contributed by atoms with Crippen LogP contribution in [0.1, 0.15) is 16.2 Å². The molecule has 1 amide bonds. The number of fused-ring (bicyclic) bond motifs is 1. The van der Waals surface area contributed by atoms with Gasteiger partial charge in [-0.3, -0.25) is 4.79 Å². The van der Waals surface area contributed by atoms with Gasteiger partial charge in [0.15, 0.2) is 11.5 Å². The van der Waals surface area contributed by atoms with E-state index < -0.39 is 0 Å². The molecule has 0 spiro atoms. The summed E-state index contributed by atoms with van der Waals surface area (Å²) in [6.07, 6.45) is 1.57. The van der Waals surface area contributed by atoms with Crippen molar-refractivity contribution in [2.45, 2.75) is 6.92 Å². The predicted molar refractivity (Wildman–Crippen MR) is 88.3 cm³/mol. The van der Waals surface area contributed by atoms with Crippen LogP contribution < -0.4 is 10.1 Å². The Labute approximate surface area is 138 Å². The maximum atomic E-state index is 12.5. The van der Waals surface area contributed by atoms with Gasteiger partial charge in [0.05, 0.1) is 6.61 Å². The second-order valence-electron chi connectivity index (χ2n) is 5.07. The van der Waals surface area contributed by atoms with Gasteiger partial charge in [0.2, 0.25) is 5.88 Å². The summed E-state index contributed by atoms with van der Waals surface area (Å²) in [6, 6.07) is 8.62. The summed E-state index contributed by atoms with van der Waals surface area (Å²) in [6.45, 7) is 2.51. The summed E-state index contributed by atoms with van der Waals surface area (Å²) in [4.78, 5) is 20.9. The van der Waals surface area contributed by atoms with Gasteiger partial charge in [-0.25, -0.2) is 9.97 Å². The van der Waals surface area contributed by atoms with E-state index in [9.17, 15) is 4.79 Å². The maximum Gasteiger partial charge on any atom is 0.261 e. The second-order valence-corrected chi connectivity index (χ2v) is 5.07. The van der Waals surface area contributed by atoms with Gasteiger partial charge in [-0.1, -0.05) is 0 Å². The molecule has 0 atom stereocenters. The zero-order valence-electron chi connectivity index (χ0n) is 13.4. The number of aryl methyl sites for hydroxylation is 1. The van der Waals surface area contributed by atoms with Crippen LogP contribution in [0.25, 0.3) is 11.1 Å². The van der Waals surface area contributed by atoms with Crippen LogP contribution in [0.5, 0.6) is 5.88 Å². The van der Waals surface area contributed by atoms with Crippen molar-refractivity contribution in [1.29, 1.82) is 0 Å². The summed E-state index contributed by atoms with van der Waals surface area (Å²) < 4.78 is 15.8. The molecule has 2 heterocycles. The van der Waals surface area contributed by atoms with Crippen molar-refractivity contribution in [1.82, 2.24) is 9.97 Å². The predicted octanol–water partition coefficient (Wildman–Crippen LogP) is 2.81. The normalized spacial score (nSPS) is 10.8. The molecular weight excluding hydrogens is 310 g/mol. The van der Waals surface area contributed by atoms with Crippen LogP contribution in [-0.2, 0) is 4.74 Å². The summed E-state index contributed by atoms with van der Waals surface area (Å²) >= 11 is 0. The Morgan fingerprint density at radius 2 is 2.17 bits per heavy atom. The lowest BCUT2D eigenvalue weighted by Gasteiger charge is -2.10. The lowest BCUT2D eigenvalue weighted by molar-refractivity contribution is 0.101. The first-order valence-electron chi connectivity index (χ1n) is 7.42. The Bertz CT molecular complexity index is 860. The van der Waals surface area contributed by atoms with Gasteiger partial charge in [-0.05, 0) is 30.3 Å². The second kappa shape index (κ2) is 7.10. The Balaban J connectivity index is 1.78. The molecule has 3 aromatic rings. The molecule has 0 aliphatic carbocycles. The molecule has 0 saturated heterocycles. The van der Waals surface area contributed by atoms with Crippen LogP contribution >= 0.6 is 0 Å². The molecule has 2 aromatic heterocycles. The van der Waals surface area contributed by atoms with Gasteiger partial charge in [0.1, 0.15) is 17.7 Å². The average Bonchev–Trinajstić information content (AvgIpc) is 2.95. The molecule has 24 heavy (non-hydrogen) atoms. The van der Waals surface area contributed by atoms with E-state index in [1.54, 1.807) is 50.6 Å². The molecule has 0 fully saturated rings. The summed E-state index contributed by atoms with van der Waals surface area (Å²) in [5, 5.41) is 2.82. The molecule has 7 heteroatoms. The number of nitrogens with one attached hydrogen (secondary N) is 1. The number of benzene rings is 1. The molecule has 124 valence electrons. The third-order valence-corrected chi connectivity index (χ3v) is 3.29. The van der Waals surface area contributed by atoms with E-state index in [1.807, 2.05) is 0 Å². The topological polar surface area (TPSA) is 86.5 Å². The Morgan fingerprint density at radius 1 is 1.29 bits per heavy atom. The number of carbonyl (C=O) groups is 1. The molecule has 7 nitrogen and oxygen atoms in total. The van der Waals surface area contributed by atoms with Crippen molar-refractivity contribution in [3.63, 3.8) is 0 Å². The fraction of sp³-hybridized carbons (Fsp3) is 0.235. The standard InChI is InChI=1S/C17H17N3O4/c1-11-19-14-10-12(5-6-15(14)24-11)20-16(21)13-4-3-7-18-17(13)23-9-8-22-2/h3-7,10H,8-9H2,1-2H3,(H,20,21). The van der Waals surface area contributed by atoms with Gasteiger partial charge in [-0.15, -0.1) is 0 Å². The Morgan fingerprint density at radius 3 is 3.00 bits per heavy atom. The number of methoxy groups -OCH3 is 1. The van der Waals surface area contributed by atoms with Crippen LogP contribution in [0.15, 0.2) is 40.9 Å². The number of amides is 1. The molecule has 0 aliphatic heterocycles. The van der Waals surface area contributed by atoms with E-state index in [1.165, 1.54) is 0 Å². The largest absolute Gasteiger partial charge is 0.475 e. The van der Waals surface area contributed by atoms with Crippen LogP contribution in [0.4, 0.5) is 5.69 Å². The lowest BCUT2D eigenvalue weighted by atomic mass is 10.2. The van der Waals surface area contributed by atoms with Crippen molar-refractivity contribution in [2.24, 2.45) is 0 Å². The number of aromatic nitrogens is 2. The SMILES string of the molecule is COCCOc1ncccc1C(=O)Nc1ccc2oc(C)nc2c1. The third kappa shape index (κ3) is 3.52. The fourth-order valence-electron chi connectivity index (χ4n) is 2.22. The highest BCUT2D eigenvalue weighted by atomic mass is 16.5. The maximum absolute atomic E-state index is 12.5. The van der Waals surface area contributed by atoms with Crippen molar-refractivity contribution >= 4 is 22.7 Å². The van der Waals surface area contributed by atoms with Gasteiger partial charge in [-0.2, -0.15) is 0 Å². The number of ether oxygens (including phenoxy) is 2. The highest BCUT2D eigenvalue weighted by Gasteiger charge is 2.14. The van der Waals surface area contributed by atoms with Crippen LogP contribution in [0.2, 0.25) is 0 Å². The molecule has 0 aliphatic rings. The minimum atomic E-state index is -0.310. The van der Waals surface area contributed by atoms with Crippen LogP contribution in [0, 0.1) is 6.92 Å². The molecule has 0 radical (unpaired) electrons. The molecule has 0 bridgehead atoms. The summed E-state index contributed by atoms with van der Waals surface area (Å²) in [5.74, 6) is 0.537. The zero-order chi connectivity index (χ0) is 16.9. The number of carbonyl (C=O) groups excluding carboxylic acids is 1. The van der Waals surface area contributed by atoms with Crippen molar-refractivity contribution in [3.05, 3.63) is 48.0 Å². The molecule has 0 unspecified atom stereocenters. The van der Waals surface area contributed by atoms with Gasteiger partial charge in [0.25, 0.3) is 5.91 Å². The summed E-state index contributed by atoms with van der Waals surface area (Å²) in [5.41, 5.74) is 2.33. The number of rotatable bonds is 6. The molecule has 1 aromatic carbocycles. The van der Waals surface area contributed by atoms with E-state index in [0.717, 1.165) is 0 Å². The quantitative estimate of drug-likeness (QED) is 0.701. The first-order valence-corrected chi connectivity index (χ1v) is 7.42.